The fourth-order valence-corrected chi connectivity index (χ4v) is 3.30. The first kappa shape index (κ1) is 16.7. The Morgan fingerprint density at radius 1 is 1.08 bits per heavy atom. The fourth-order valence-electron chi connectivity index (χ4n) is 3.30. The van der Waals surface area contributed by atoms with E-state index in [9.17, 15) is 14.3 Å². The number of carbonyl (C=O) groups is 1. The molecule has 2 aromatic rings. The summed E-state index contributed by atoms with van der Waals surface area (Å²) in [4.78, 5) is 14.4. The summed E-state index contributed by atoms with van der Waals surface area (Å²) in [5.74, 6) is -0.324. The highest BCUT2D eigenvalue weighted by Crippen LogP contribution is 2.28. The normalized spacial score (nSPS) is 19.6. The highest BCUT2D eigenvalue weighted by atomic mass is 19.1. The van der Waals surface area contributed by atoms with Gasteiger partial charge in [0.2, 0.25) is 0 Å². The molecule has 1 amide bonds. The molecule has 1 aliphatic heterocycles. The second-order valence-corrected chi connectivity index (χ2v) is 6.34. The van der Waals surface area contributed by atoms with Crippen molar-refractivity contribution in [3.63, 3.8) is 0 Å². The zero-order valence-corrected chi connectivity index (χ0v) is 13.6. The van der Waals surface area contributed by atoms with Crippen LogP contribution in [-0.2, 0) is 4.79 Å². The van der Waals surface area contributed by atoms with E-state index in [1.54, 1.807) is 29.2 Å². The van der Waals surface area contributed by atoms with Crippen LogP contribution < -0.4 is 0 Å². The van der Waals surface area contributed by atoms with Gasteiger partial charge in [-0.05, 0) is 36.1 Å². The van der Waals surface area contributed by atoms with Crippen molar-refractivity contribution < 1.29 is 14.3 Å². The van der Waals surface area contributed by atoms with Crippen LogP contribution in [0.5, 0.6) is 0 Å². The molecule has 2 aromatic carbocycles. The number of nitrogens with zero attached hydrogens (tertiary/aromatic N) is 1. The number of aliphatic hydroxyl groups is 1. The molecule has 24 heavy (non-hydrogen) atoms. The van der Waals surface area contributed by atoms with E-state index in [4.69, 9.17) is 0 Å². The molecule has 126 valence electrons. The summed E-state index contributed by atoms with van der Waals surface area (Å²) in [5, 5.41) is 10.4. The summed E-state index contributed by atoms with van der Waals surface area (Å²) >= 11 is 0. The van der Waals surface area contributed by atoms with Gasteiger partial charge in [-0.25, -0.2) is 4.39 Å². The van der Waals surface area contributed by atoms with Crippen molar-refractivity contribution >= 4 is 5.91 Å². The summed E-state index contributed by atoms with van der Waals surface area (Å²) in [5.41, 5.74) is 1.66. The molecule has 0 aliphatic carbocycles. The highest BCUT2D eigenvalue weighted by Gasteiger charge is 2.28. The Morgan fingerprint density at radius 2 is 1.79 bits per heavy atom. The molecule has 1 N–H and O–H groups in total. The van der Waals surface area contributed by atoms with E-state index in [0.717, 1.165) is 24.8 Å². The van der Waals surface area contributed by atoms with Crippen molar-refractivity contribution in [1.29, 1.82) is 0 Å². The molecule has 1 heterocycles. The SMILES string of the molecule is O=C(C(O)c1ccccc1)N1CCCCC(c2ccc(F)cc2)C1. The number of benzene rings is 2. The molecule has 0 aromatic heterocycles. The predicted octanol–water partition coefficient (Wildman–Crippen LogP) is 3.66. The van der Waals surface area contributed by atoms with Crippen molar-refractivity contribution in [1.82, 2.24) is 4.90 Å². The first-order valence-corrected chi connectivity index (χ1v) is 8.42. The number of carbonyl (C=O) groups excluding carboxylic acids is 1. The Bertz CT molecular complexity index is 672. The monoisotopic (exact) mass is 327 g/mol. The van der Waals surface area contributed by atoms with Crippen LogP contribution in [0.4, 0.5) is 4.39 Å². The lowest BCUT2D eigenvalue weighted by atomic mass is 9.94. The van der Waals surface area contributed by atoms with Crippen LogP contribution in [0.2, 0.25) is 0 Å². The van der Waals surface area contributed by atoms with E-state index in [1.807, 2.05) is 18.2 Å². The van der Waals surface area contributed by atoms with E-state index in [-0.39, 0.29) is 17.6 Å². The van der Waals surface area contributed by atoms with Crippen molar-refractivity contribution in [3.8, 4) is 0 Å². The Hall–Kier alpha value is -2.20. The Balaban J connectivity index is 1.74. The molecule has 2 unspecified atom stereocenters. The van der Waals surface area contributed by atoms with Crippen LogP contribution in [0.1, 0.15) is 42.4 Å². The third-order valence-corrected chi connectivity index (χ3v) is 4.67. The lowest BCUT2D eigenvalue weighted by Crippen LogP contribution is -2.37. The summed E-state index contributed by atoms with van der Waals surface area (Å²) < 4.78 is 13.1. The number of hydrogen-bond acceptors (Lipinski definition) is 2. The summed E-state index contributed by atoms with van der Waals surface area (Å²) in [6, 6.07) is 15.5. The van der Waals surface area contributed by atoms with Gasteiger partial charge in [0.25, 0.3) is 5.91 Å². The minimum absolute atomic E-state index is 0.181. The quantitative estimate of drug-likeness (QED) is 0.935. The molecule has 0 bridgehead atoms. The van der Waals surface area contributed by atoms with Gasteiger partial charge in [0.15, 0.2) is 6.10 Å². The van der Waals surface area contributed by atoms with Gasteiger partial charge in [-0.2, -0.15) is 0 Å². The molecular formula is C20H22FNO2. The van der Waals surface area contributed by atoms with E-state index in [1.165, 1.54) is 12.1 Å². The van der Waals surface area contributed by atoms with Gasteiger partial charge in [-0.1, -0.05) is 48.9 Å². The van der Waals surface area contributed by atoms with Crippen molar-refractivity contribution in [2.45, 2.75) is 31.3 Å². The fraction of sp³-hybridized carbons (Fsp3) is 0.350. The van der Waals surface area contributed by atoms with Crippen molar-refractivity contribution in [2.75, 3.05) is 13.1 Å². The molecule has 1 fully saturated rings. The Labute approximate surface area is 141 Å². The minimum atomic E-state index is -1.13. The zero-order chi connectivity index (χ0) is 16.9. The van der Waals surface area contributed by atoms with Gasteiger partial charge in [0.1, 0.15) is 5.82 Å². The van der Waals surface area contributed by atoms with Gasteiger partial charge < -0.3 is 10.0 Å². The van der Waals surface area contributed by atoms with E-state index in [2.05, 4.69) is 0 Å². The maximum absolute atomic E-state index is 13.1. The van der Waals surface area contributed by atoms with Crippen molar-refractivity contribution in [3.05, 3.63) is 71.5 Å². The minimum Gasteiger partial charge on any atom is -0.378 e. The topological polar surface area (TPSA) is 40.5 Å². The average Bonchev–Trinajstić information content (AvgIpc) is 2.88. The maximum Gasteiger partial charge on any atom is 0.256 e. The first-order valence-electron chi connectivity index (χ1n) is 8.42. The maximum atomic E-state index is 13.1. The molecule has 3 nitrogen and oxygen atoms in total. The number of amides is 1. The summed E-state index contributed by atoms with van der Waals surface area (Å²) in [6.45, 7) is 1.22. The molecule has 1 saturated heterocycles. The number of aliphatic hydroxyl groups excluding tert-OH is 1. The average molecular weight is 327 g/mol. The van der Waals surface area contributed by atoms with Crippen LogP contribution in [0, 0.1) is 5.82 Å². The van der Waals surface area contributed by atoms with Crippen LogP contribution >= 0.6 is 0 Å². The number of likely N-dealkylation sites (tertiary alicyclic amines) is 1. The molecular weight excluding hydrogens is 305 g/mol. The smallest absolute Gasteiger partial charge is 0.256 e. The first-order chi connectivity index (χ1) is 11.6. The van der Waals surface area contributed by atoms with Crippen LogP contribution in [-0.4, -0.2) is 29.0 Å². The molecule has 2 atom stereocenters. The van der Waals surface area contributed by atoms with Gasteiger partial charge >= 0.3 is 0 Å². The third-order valence-electron chi connectivity index (χ3n) is 4.67. The van der Waals surface area contributed by atoms with E-state index < -0.39 is 6.10 Å². The third kappa shape index (κ3) is 3.82. The second kappa shape index (κ2) is 7.58. The number of halogens is 1. The highest BCUT2D eigenvalue weighted by molar-refractivity contribution is 5.82. The molecule has 4 heteroatoms. The molecule has 0 spiro atoms. The van der Waals surface area contributed by atoms with Gasteiger partial charge in [0.05, 0.1) is 0 Å². The summed E-state index contributed by atoms with van der Waals surface area (Å²) in [7, 11) is 0. The predicted molar refractivity (Wildman–Crippen MR) is 91.0 cm³/mol. The van der Waals surface area contributed by atoms with Crippen molar-refractivity contribution in [2.24, 2.45) is 0 Å². The summed E-state index contributed by atoms with van der Waals surface area (Å²) in [6.07, 6.45) is 1.79. The second-order valence-electron chi connectivity index (χ2n) is 6.34. The Kier molecular flexibility index (Phi) is 5.26. The van der Waals surface area contributed by atoms with Gasteiger partial charge in [-0.3, -0.25) is 4.79 Å². The molecule has 0 radical (unpaired) electrons. The largest absolute Gasteiger partial charge is 0.378 e. The number of hydrogen-bond donors (Lipinski definition) is 1. The van der Waals surface area contributed by atoms with E-state index >= 15 is 0 Å². The van der Waals surface area contributed by atoms with Gasteiger partial charge in [-0.15, -0.1) is 0 Å². The van der Waals surface area contributed by atoms with Gasteiger partial charge in [0, 0.05) is 19.0 Å². The lowest BCUT2D eigenvalue weighted by Gasteiger charge is -2.27. The van der Waals surface area contributed by atoms with Crippen LogP contribution in [0.25, 0.3) is 0 Å². The van der Waals surface area contributed by atoms with Crippen LogP contribution in [0.15, 0.2) is 54.6 Å². The standard InChI is InChI=1S/C20H22FNO2/c21-18-11-9-15(10-12-18)17-8-4-5-13-22(14-17)20(24)19(23)16-6-2-1-3-7-16/h1-3,6-7,9-12,17,19,23H,4-5,8,13-14H2. The zero-order valence-electron chi connectivity index (χ0n) is 13.6. The van der Waals surface area contributed by atoms with Crippen LogP contribution in [0.3, 0.4) is 0 Å². The Morgan fingerprint density at radius 3 is 2.50 bits per heavy atom. The number of rotatable bonds is 3. The van der Waals surface area contributed by atoms with E-state index in [0.29, 0.717) is 18.7 Å². The molecule has 3 rings (SSSR count). The lowest BCUT2D eigenvalue weighted by molar-refractivity contribution is -0.140. The molecule has 1 aliphatic rings. The molecule has 0 saturated carbocycles.